The van der Waals surface area contributed by atoms with Gasteiger partial charge in [-0.25, -0.2) is 0 Å². The molecule has 0 atom stereocenters. The van der Waals surface area contributed by atoms with E-state index < -0.39 is 0 Å². The first kappa shape index (κ1) is 12.4. The van der Waals surface area contributed by atoms with E-state index in [1.54, 1.807) is 0 Å². The fraction of sp³-hybridized carbons (Fsp3) is 0.600. The van der Waals surface area contributed by atoms with Gasteiger partial charge in [0.2, 0.25) is 0 Å². The van der Waals surface area contributed by atoms with E-state index in [2.05, 4.69) is 48.3 Å². The van der Waals surface area contributed by atoms with Crippen molar-refractivity contribution in [2.24, 2.45) is 0 Å². The summed E-state index contributed by atoms with van der Waals surface area (Å²) in [5.41, 5.74) is 2.70. The summed E-state index contributed by atoms with van der Waals surface area (Å²) in [6, 6.07) is 9.63. The van der Waals surface area contributed by atoms with Crippen molar-refractivity contribution in [2.45, 2.75) is 39.2 Å². The normalized spacial score (nSPS) is 14.9. The van der Waals surface area contributed by atoms with Gasteiger partial charge >= 0.3 is 0 Å². The van der Waals surface area contributed by atoms with Crippen LogP contribution in [0.5, 0.6) is 0 Å². The van der Waals surface area contributed by atoms with Crippen LogP contribution in [0.25, 0.3) is 0 Å². The van der Waals surface area contributed by atoms with E-state index in [9.17, 15) is 0 Å². The van der Waals surface area contributed by atoms with Crippen LogP contribution < -0.4 is 10.2 Å². The summed E-state index contributed by atoms with van der Waals surface area (Å²) < 4.78 is 0. The van der Waals surface area contributed by atoms with Gasteiger partial charge in [-0.05, 0) is 57.4 Å². The van der Waals surface area contributed by atoms with Crippen molar-refractivity contribution >= 4 is 5.69 Å². The third-order valence-electron chi connectivity index (χ3n) is 3.36. The van der Waals surface area contributed by atoms with Crippen LogP contribution in [0.15, 0.2) is 24.3 Å². The van der Waals surface area contributed by atoms with E-state index >= 15 is 0 Å². The number of hydrogen-bond donors (Lipinski definition) is 1. The number of nitrogens with zero attached hydrogens (tertiary/aromatic N) is 1. The topological polar surface area (TPSA) is 15.3 Å². The SMILES string of the molecule is CCN(CCCNC1CC1)c1cccc(C)c1. The van der Waals surface area contributed by atoms with E-state index in [0.717, 1.165) is 25.7 Å². The molecular weight excluding hydrogens is 208 g/mol. The van der Waals surface area contributed by atoms with Crippen LogP contribution >= 0.6 is 0 Å². The molecule has 0 radical (unpaired) electrons. The van der Waals surface area contributed by atoms with Gasteiger partial charge < -0.3 is 10.2 Å². The number of nitrogens with one attached hydrogen (secondary N) is 1. The molecule has 2 heteroatoms. The van der Waals surface area contributed by atoms with Crippen LogP contribution in [0.2, 0.25) is 0 Å². The van der Waals surface area contributed by atoms with Gasteiger partial charge in [0.15, 0.2) is 0 Å². The summed E-state index contributed by atoms with van der Waals surface area (Å²) in [6.07, 6.45) is 4.00. The smallest absolute Gasteiger partial charge is 0.0368 e. The average molecular weight is 232 g/mol. The van der Waals surface area contributed by atoms with Gasteiger partial charge in [0, 0.05) is 24.8 Å². The van der Waals surface area contributed by atoms with E-state index in [1.807, 2.05) is 0 Å². The lowest BCUT2D eigenvalue weighted by molar-refractivity contribution is 0.633. The Morgan fingerprint density at radius 1 is 1.35 bits per heavy atom. The zero-order valence-electron chi connectivity index (χ0n) is 11.1. The number of aryl methyl sites for hydroxylation is 1. The molecule has 0 spiro atoms. The molecule has 1 N–H and O–H groups in total. The Morgan fingerprint density at radius 3 is 2.82 bits per heavy atom. The summed E-state index contributed by atoms with van der Waals surface area (Å²) in [5.74, 6) is 0. The van der Waals surface area contributed by atoms with Crippen molar-refractivity contribution < 1.29 is 0 Å². The Kier molecular flexibility index (Phi) is 4.43. The maximum atomic E-state index is 3.57. The van der Waals surface area contributed by atoms with Crippen molar-refractivity contribution in [3.63, 3.8) is 0 Å². The Hall–Kier alpha value is -1.02. The lowest BCUT2D eigenvalue weighted by atomic mass is 10.2. The second-order valence-electron chi connectivity index (χ2n) is 5.00. The summed E-state index contributed by atoms with van der Waals surface area (Å²) in [5, 5.41) is 3.57. The molecule has 1 aromatic rings. The Morgan fingerprint density at radius 2 is 2.18 bits per heavy atom. The van der Waals surface area contributed by atoms with E-state index in [4.69, 9.17) is 0 Å². The van der Waals surface area contributed by atoms with E-state index in [1.165, 1.54) is 30.5 Å². The molecule has 0 heterocycles. The highest BCUT2D eigenvalue weighted by Crippen LogP contribution is 2.19. The first-order chi connectivity index (χ1) is 8.29. The maximum Gasteiger partial charge on any atom is 0.0368 e. The van der Waals surface area contributed by atoms with Gasteiger partial charge in [0.25, 0.3) is 0 Å². The molecule has 0 aromatic heterocycles. The predicted octanol–water partition coefficient (Wildman–Crippen LogP) is 2.96. The summed E-state index contributed by atoms with van der Waals surface area (Å²) >= 11 is 0. The largest absolute Gasteiger partial charge is 0.372 e. The van der Waals surface area contributed by atoms with Crippen molar-refractivity contribution in [3.05, 3.63) is 29.8 Å². The minimum absolute atomic E-state index is 0.837. The fourth-order valence-corrected chi connectivity index (χ4v) is 2.16. The molecule has 2 rings (SSSR count). The third kappa shape index (κ3) is 4.04. The molecule has 1 aliphatic rings. The van der Waals surface area contributed by atoms with Crippen LogP contribution in [-0.2, 0) is 0 Å². The highest BCUT2D eigenvalue weighted by atomic mass is 15.1. The van der Waals surface area contributed by atoms with Crippen LogP contribution in [-0.4, -0.2) is 25.7 Å². The lowest BCUT2D eigenvalue weighted by Gasteiger charge is -2.23. The van der Waals surface area contributed by atoms with Crippen LogP contribution in [0, 0.1) is 6.92 Å². The average Bonchev–Trinajstić information content (AvgIpc) is 3.13. The van der Waals surface area contributed by atoms with Crippen LogP contribution in [0.1, 0.15) is 31.7 Å². The summed E-state index contributed by atoms with van der Waals surface area (Å²) in [4.78, 5) is 2.46. The number of benzene rings is 1. The Balaban J connectivity index is 1.78. The monoisotopic (exact) mass is 232 g/mol. The van der Waals surface area contributed by atoms with Gasteiger partial charge in [0.05, 0.1) is 0 Å². The molecule has 17 heavy (non-hydrogen) atoms. The Bertz CT molecular complexity index is 345. The van der Waals surface area contributed by atoms with Crippen molar-refractivity contribution in [1.29, 1.82) is 0 Å². The molecular formula is C15H24N2. The van der Waals surface area contributed by atoms with Crippen molar-refractivity contribution in [1.82, 2.24) is 5.32 Å². The zero-order chi connectivity index (χ0) is 12.1. The molecule has 94 valence electrons. The molecule has 1 aromatic carbocycles. The molecule has 1 aliphatic carbocycles. The quantitative estimate of drug-likeness (QED) is 0.727. The summed E-state index contributed by atoms with van der Waals surface area (Å²) in [6.45, 7) is 7.79. The fourth-order valence-electron chi connectivity index (χ4n) is 2.16. The molecule has 0 unspecified atom stereocenters. The first-order valence-electron chi connectivity index (χ1n) is 6.84. The van der Waals surface area contributed by atoms with Gasteiger partial charge in [-0.2, -0.15) is 0 Å². The molecule has 2 nitrogen and oxygen atoms in total. The van der Waals surface area contributed by atoms with Crippen LogP contribution in [0.3, 0.4) is 0 Å². The Labute approximate surface area is 105 Å². The highest BCUT2D eigenvalue weighted by Gasteiger charge is 2.19. The van der Waals surface area contributed by atoms with Gasteiger partial charge in [-0.1, -0.05) is 12.1 Å². The second kappa shape index (κ2) is 6.06. The molecule has 1 saturated carbocycles. The highest BCUT2D eigenvalue weighted by molar-refractivity contribution is 5.48. The predicted molar refractivity (Wildman–Crippen MR) is 74.7 cm³/mol. The second-order valence-corrected chi connectivity index (χ2v) is 5.00. The number of rotatable bonds is 7. The number of anilines is 1. The van der Waals surface area contributed by atoms with Crippen LogP contribution in [0.4, 0.5) is 5.69 Å². The minimum atomic E-state index is 0.837. The lowest BCUT2D eigenvalue weighted by Crippen LogP contribution is -2.27. The summed E-state index contributed by atoms with van der Waals surface area (Å²) in [7, 11) is 0. The number of hydrogen-bond acceptors (Lipinski definition) is 2. The van der Waals surface area contributed by atoms with Gasteiger partial charge in [-0.3, -0.25) is 0 Å². The molecule has 1 fully saturated rings. The molecule has 0 amide bonds. The standard InChI is InChI=1S/C15H24N2/c1-3-17(11-5-10-16-14-8-9-14)15-7-4-6-13(2)12-15/h4,6-7,12,14,16H,3,5,8-11H2,1-2H3. The third-order valence-corrected chi connectivity index (χ3v) is 3.36. The minimum Gasteiger partial charge on any atom is -0.372 e. The van der Waals surface area contributed by atoms with E-state index in [0.29, 0.717) is 0 Å². The van der Waals surface area contributed by atoms with Gasteiger partial charge in [-0.15, -0.1) is 0 Å². The maximum absolute atomic E-state index is 3.57. The molecule has 0 aliphatic heterocycles. The first-order valence-corrected chi connectivity index (χ1v) is 6.84. The molecule has 0 bridgehead atoms. The molecule has 0 saturated heterocycles. The van der Waals surface area contributed by atoms with Gasteiger partial charge in [0.1, 0.15) is 0 Å². The zero-order valence-corrected chi connectivity index (χ0v) is 11.1. The van der Waals surface area contributed by atoms with Crippen molar-refractivity contribution in [3.8, 4) is 0 Å². The van der Waals surface area contributed by atoms with E-state index in [-0.39, 0.29) is 0 Å². The van der Waals surface area contributed by atoms with Crippen molar-refractivity contribution in [2.75, 3.05) is 24.5 Å².